The zero-order valence-corrected chi connectivity index (χ0v) is 24.0. The standard InChI is InChI=1S/C27H41BrFNO3S/c1-18(2)10-7-13-25(31)30(26(32)14-8-11-19(3)4)23-17-24(21(28)16-22(23)29)34-27(33)15-9-12-20(5)6/h16-20H,7-15H2,1-6H3. The van der Waals surface area contributed by atoms with Gasteiger partial charge in [-0.15, -0.1) is 0 Å². The van der Waals surface area contributed by atoms with E-state index in [0.29, 0.717) is 46.4 Å². The highest BCUT2D eigenvalue weighted by Gasteiger charge is 2.27. The number of hydrogen-bond acceptors (Lipinski definition) is 4. The quantitative estimate of drug-likeness (QED) is 0.215. The molecule has 0 bridgehead atoms. The lowest BCUT2D eigenvalue weighted by atomic mass is 10.0. The van der Waals surface area contributed by atoms with E-state index in [9.17, 15) is 14.4 Å². The second kappa shape index (κ2) is 15.7. The monoisotopic (exact) mass is 557 g/mol. The molecular formula is C27H41BrFNO3S. The van der Waals surface area contributed by atoms with Gasteiger partial charge < -0.3 is 0 Å². The molecule has 0 unspecified atom stereocenters. The Morgan fingerprint density at radius 3 is 1.71 bits per heavy atom. The van der Waals surface area contributed by atoms with Crippen molar-refractivity contribution in [1.29, 1.82) is 0 Å². The van der Waals surface area contributed by atoms with E-state index in [0.717, 1.165) is 42.3 Å². The van der Waals surface area contributed by atoms with E-state index in [1.54, 1.807) is 0 Å². The number of imide groups is 1. The summed E-state index contributed by atoms with van der Waals surface area (Å²) in [5, 5.41) is -0.0167. The highest BCUT2D eigenvalue weighted by molar-refractivity contribution is 9.10. The molecule has 7 heteroatoms. The summed E-state index contributed by atoms with van der Waals surface area (Å²) < 4.78 is 15.5. The average Bonchev–Trinajstić information content (AvgIpc) is 2.70. The van der Waals surface area contributed by atoms with E-state index in [1.807, 2.05) is 0 Å². The smallest absolute Gasteiger partial charge is 0.233 e. The van der Waals surface area contributed by atoms with Crippen LogP contribution in [0.1, 0.15) is 99.3 Å². The van der Waals surface area contributed by atoms with Crippen molar-refractivity contribution in [1.82, 2.24) is 0 Å². The van der Waals surface area contributed by atoms with Crippen molar-refractivity contribution in [3.63, 3.8) is 0 Å². The van der Waals surface area contributed by atoms with Crippen molar-refractivity contribution in [2.24, 2.45) is 17.8 Å². The Kier molecular flexibility index (Phi) is 14.2. The molecule has 0 radical (unpaired) electrons. The summed E-state index contributed by atoms with van der Waals surface area (Å²) in [7, 11) is 0. The number of hydrogen-bond donors (Lipinski definition) is 0. The summed E-state index contributed by atoms with van der Waals surface area (Å²) in [6, 6.07) is 2.71. The fourth-order valence-corrected chi connectivity index (χ4v) is 4.93. The number of carbonyl (C=O) groups excluding carboxylic acids is 3. The molecule has 2 amide bonds. The van der Waals surface area contributed by atoms with Crippen molar-refractivity contribution in [2.75, 3.05) is 4.90 Å². The number of rotatable bonds is 14. The minimum atomic E-state index is -0.655. The average molecular weight is 559 g/mol. The van der Waals surface area contributed by atoms with Crippen LogP contribution < -0.4 is 4.90 Å². The topological polar surface area (TPSA) is 54.5 Å². The fourth-order valence-electron chi connectivity index (χ4n) is 3.55. The lowest BCUT2D eigenvalue weighted by molar-refractivity contribution is -0.126. The molecule has 0 spiro atoms. The van der Waals surface area contributed by atoms with Crippen LogP contribution in [0.15, 0.2) is 21.5 Å². The third-order valence-corrected chi connectivity index (χ3v) is 7.38. The number of carbonyl (C=O) groups is 3. The van der Waals surface area contributed by atoms with Gasteiger partial charge in [-0.25, -0.2) is 9.29 Å². The van der Waals surface area contributed by atoms with Crippen LogP contribution in [0.2, 0.25) is 0 Å². The van der Waals surface area contributed by atoms with E-state index in [1.165, 1.54) is 12.1 Å². The number of anilines is 1. The predicted molar refractivity (Wildman–Crippen MR) is 144 cm³/mol. The number of benzene rings is 1. The van der Waals surface area contributed by atoms with Crippen molar-refractivity contribution >= 4 is 50.3 Å². The Morgan fingerprint density at radius 2 is 1.26 bits per heavy atom. The first-order chi connectivity index (χ1) is 15.9. The molecule has 1 aromatic carbocycles. The molecule has 0 aliphatic carbocycles. The first kappa shape index (κ1) is 30.8. The van der Waals surface area contributed by atoms with Crippen LogP contribution >= 0.6 is 27.7 Å². The molecule has 192 valence electrons. The van der Waals surface area contributed by atoms with Crippen LogP contribution in [0.5, 0.6) is 0 Å². The fraction of sp³-hybridized carbons (Fsp3) is 0.667. The van der Waals surface area contributed by atoms with Gasteiger partial charge >= 0.3 is 0 Å². The molecule has 1 aromatic rings. The maximum absolute atomic E-state index is 15.1. The number of amides is 2. The number of halogens is 2. The SMILES string of the molecule is CC(C)CCCC(=O)Sc1cc(N(C(=O)CCCC(C)C)C(=O)CCCC(C)C)c(F)cc1Br. The lowest BCUT2D eigenvalue weighted by Gasteiger charge is -2.23. The maximum Gasteiger partial charge on any atom is 0.233 e. The molecule has 34 heavy (non-hydrogen) atoms. The molecule has 1 rings (SSSR count). The maximum atomic E-state index is 15.1. The largest absolute Gasteiger partial charge is 0.287 e. The second-order valence-electron chi connectivity index (χ2n) is 10.2. The first-order valence-electron chi connectivity index (χ1n) is 12.5. The van der Waals surface area contributed by atoms with Gasteiger partial charge in [-0.3, -0.25) is 14.4 Å². The molecule has 0 aliphatic rings. The minimum absolute atomic E-state index is 0.0167. The third kappa shape index (κ3) is 11.5. The van der Waals surface area contributed by atoms with Crippen LogP contribution in [-0.4, -0.2) is 16.9 Å². The summed E-state index contributed by atoms with van der Waals surface area (Å²) in [4.78, 5) is 40.2. The van der Waals surface area contributed by atoms with E-state index < -0.39 is 17.6 Å². The molecule has 4 nitrogen and oxygen atoms in total. The number of nitrogens with zero attached hydrogens (tertiary/aromatic N) is 1. The normalized spacial score (nSPS) is 11.5. The highest BCUT2D eigenvalue weighted by Crippen LogP contribution is 2.36. The van der Waals surface area contributed by atoms with E-state index in [-0.39, 0.29) is 23.6 Å². The molecule has 0 saturated heterocycles. The minimum Gasteiger partial charge on any atom is -0.287 e. The molecule has 0 atom stereocenters. The lowest BCUT2D eigenvalue weighted by Crippen LogP contribution is -2.37. The third-order valence-electron chi connectivity index (χ3n) is 5.47. The summed E-state index contributed by atoms with van der Waals surface area (Å²) in [5.41, 5.74) is -0.0650. The Morgan fingerprint density at radius 1 is 0.824 bits per heavy atom. The second-order valence-corrected chi connectivity index (χ2v) is 12.1. The summed E-state index contributed by atoms with van der Waals surface area (Å²) in [5.74, 6) is -0.0302. The number of thioether (sulfide) groups is 1. The summed E-state index contributed by atoms with van der Waals surface area (Å²) in [6.07, 6.45) is 5.54. The molecule has 0 aliphatic heterocycles. The zero-order chi connectivity index (χ0) is 25.8. The van der Waals surface area contributed by atoms with Crippen molar-refractivity contribution < 1.29 is 18.8 Å². The van der Waals surface area contributed by atoms with Gasteiger partial charge in [0.15, 0.2) is 5.12 Å². The van der Waals surface area contributed by atoms with Gasteiger partial charge in [-0.05, 0) is 65.1 Å². The van der Waals surface area contributed by atoms with Crippen molar-refractivity contribution in [2.45, 2.75) is 104 Å². The van der Waals surface area contributed by atoms with Crippen molar-refractivity contribution in [3.05, 3.63) is 22.4 Å². The molecule has 0 N–H and O–H groups in total. The van der Waals surface area contributed by atoms with Gasteiger partial charge in [0, 0.05) is 28.6 Å². The van der Waals surface area contributed by atoms with E-state index in [2.05, 4.69) is 57.5 Å². The molecule has 0 aromatic heterocycles. The Bertz CT molecular complexity index is 800. The summed E-state index contributed by atoms with van der Waals surface area (Å²) in [6.45, 7) is 12.5. The van der Waals surface area contributed by atoms with Gasteiger partial charge in [0.05, 0.1) is 5.69 Å². The van der Waals surface area contributed by atoms with E-state index >= 15 is 4.39 Å². The zero-order valence-electron chi connectivity index (χ0n) is 21.6. The first-order valence-corrected chi connectivity index (χ1v) is 14.1. The molecule has 0 fully saturated rings. The van der Waals surface area contributed by atoms with Gasteiger partial charge in [-0.2, -0.15) is 0 Å². The van der Waals surface area contributed by atoms with Gasteiger partial charge in [-0.1, -0.05) is 72.6 Å². The van der Waals surface area contributed by atoms with Gasteiger partial charge in [0.1, 0.15) is 5.82 Å². The van der Waals surface area contributed by atoms with Crippen molar-refractivity contribution in [3.8, 4) is 0 Å². The highest BCUT2D eigenvalue weighted by atomic mass is 79.9. The van der Waals surface area contributed by atoms with Gasteiger partial charge in [0.2, 0.25) is 11.8 Å². The molecule has 0 heterocycles. The van der Waals surface area contributed by atoms with Crippen LogP contribution in [0, 0.1) is 23.6 Å². The van der Waals surface area contributed by atoms with Gasteiger partial charge in [0.25, 0.3) is 0 Å². The molecule has 0 saturated carbocycles. The van der Waals surface area contributed by atoms with Crippen LogP contribution in [0.4, 0.5) is 10.1 Å². The van der Waals surface area contributed by atoms with Crippen LogP contribution in [0.25, 0.3) is 0 Å². The Balaban J connectivity index is 3.14. The Labute approximate surface area is 217 Å². The predicted octanol–water partition coefficient (Wildman–Crippen LogP) is 8.55. The van der Waals surface area contributed by atoms with E-state index in [4.69, 9.17) is 0 Å². The van der Waals surface area contributed by atoms with Crippen LogP contribution in [-0.2, 0) is 14.4 Å². The Hall–Kier alpha value is -1.21. The van der Waals surface area contributed by atoms with Crippen LogP contribution in [0.3, 0.4) is 0 Å². The molecular weight excluding hydrogens is 517 g/mol. The summed E-state index contributed by atoms with van der Waals surface area (Å²) >= 11 is 4.37.